The molecule has 1 N–H and O–H groups in total. The van der Waals surface area contributed by atoms with Gasteiger partial charge in [-0.25, -0.2) is 9.18 Å². The van der Waals surface area contributed by atoms with Gasteiger partial charge in [-0.2, -0.15) is 9.97 Å². The van der Waals surface area contributed by atoms with E-state index in [1.165, 1.54) is 0 Å². The molecule has 1 aromatic heterocycles. The van der Waals surface area contributed by atoms with Crippen LogP contribution in [0.1, 0.15) is 40.0 Å². The first-order chi connectivity index (χ1) is 17.8. The van der Waals surface area contributed by atoms with Crippen LogP contribution in [0.3, 0.4) is 0 Å². The summed E-state index contributed by atoms with van der Waals surface area (Å²) in [7, 11) is 4.06. The highest BCUT2D eigenvalue weighted by atomic mass is 79.9. The number of benzene rings is 1. The van der Waals surface area contributed by atoms with Crippen molar-refractivity contribution in [3.8, 4) is 6.01 Å². The molecule has 1 saturated carbocycles. The average molecular weight is 615 g/mol. The van der Waals surface area contributed by atoms with Crippen molar-refractivity contribution in [1.29, 1.82) is 0 Å². The van der Waals surface area contributed by atoms with E-state index in [1.807, 2.05) is 39.8 Å². The quantitative estimate of drug-likeness (QED) is 0.477. The maximum Gasteiger partial charge on any atom is 0.411 e. The lowest BCUT2D eigenvalue weighted by atomic mass is 10.1. The highest BCUT2D eigenvalue weighted by Gasteiger charge is 2.50. The van der Waals surface area contributed by atoms with E-state index in [9.17, 15) is 9.90 Å². The van der Waals surface area contributed by atoms with Crippen molar-refractivity contribution in [1.82, 2.24) is 19.8 Å². The third-order valence-electron chi connectivity index (χ3n) is 7.35. The van der Waals surface area contributed by atoms with E-state index < -0.39 is 29.7 Å². The number of aromatic nitrogens is 2. The van der Waals surface area contributed by atoms with Gasteiger partial charge in [-0.15, -0.1) is 0 Å². The van der Waals surface area contributed by atoms with Gasteiger partial charge in [0.15, 0.2) is 5.82 Å². The summed E-state index contributed by atoms with van der Waals surface area (Å²) >= 11 is 9.55. The van der Waals surface area contributed by atoms with Gasteiger partial charge in [0.2, 0.25) is 0 Å². The topological polar surface area (TPSA) is 91.3 Å². The number of carbonyl (C=O) groups excluding carboxylic acids is 1. The number of hydrogen-bond donors (Lipinski definition) is 1. The molecule has 3 aliphatic rings. The zero-order chi connectivity index (χ0) is 27.6. The standard InChI is InChI=1S/C26H34BrClFN5O4/c1-25(2,3)38-24(36)34-14-8-18(35)17(34)11-33(10-14)22-15-9-16(28)19(27)20(29)21(15)30-23(31-22)37-13-26(6-7-26)12-32(4)5/h9,14,17-18,35H,6-8,10-13H2,1-5H3/t14-,17-,18-/m1/s1. The molecule has 1 amide bonds. The van der Waals surface area contributed by atoms with Crippen molar-refractivity contribution in [3.05, 3.63) is 21.4 Å². The van der Waals surface area contributed by atoms with Crippen molar-refractivity contribution in [2.45, 2.75) is 63.8 Å². The molecule has 208 valence electrons. The average Bonchev–Trinajstić information content (AvgIpc) is 3.54. The summed E-state index contributed by atoms with van der Waals surface area (Å²) in [4.78, 5) is 27.8. The SMILES string of the molecule is CN(C)CC1(COc2nc(N3C[C@H]4C[C@@H](O)[C@@H](C3)N4C(=O)OC(C)(C)C)c3cc(Cl)c(Br)c(F)c3n2)CC1. The summed E-state index contributed by atoms with van der Waals surface area (Å²) in [6.45, 7) is 7.44. The Balaban J connectivity index is 1.48. The van der Waals surface area contributed by atoms with Crippen LogP contribution >= 0.6 is 27.5 Å². The smallest absolute Gasteiger partial charge is 0.411 e. The highest BCUT2D eigenvalue weighted by Crippen LogP contribution is 2.46. The van der Waals surface area contributed by atoms with Gasteiger partial charge in [-0.3, -0.25) is 4.90 Å². The molecule has 2 saturated heterocycles. The number of aliphatic hydroxyl groups is 1. The highest BCUT2D eigenvalue weighted by molar-refractivity contribution is 9.10. The summed E-state index contributed by atoms with van der Waals surface area (Å²) in [5.74, 6) is -0.130. The molecular weight excluding hydrogens is 581 g/mol. The fourth-order valence-electron chi connectivity index (χ4n) is 5.56. The minimum absolute atomic E-state index is 0.0450. The van der Waals surface area contributed by atoms with E-state index in [1.54, 1.807) is 11.0 Å². The summed E-state index contributed by atoms with van der Waals surface area (Å²) in [6.07, 6.45) is 1.36. The molecule has 1 aliphatic carbocycles. The van der Waals surface area contributed by atoms with Crippen molar-refractivity contribution in [2.75, 3.05) is 45.2 Å². The van der Waals surface area contributed by atoms with Gasteiger partial charge in [0.1, 0.15) is 16.9 Å². The van der Waals surface area contributed by atoms with Crippen LogP contribution in [0.5, 0.6) is 6.01 Å². The minimum Gasteiger partial charge on any atom is -0.463 e. The maximum atomic E-state index is 15.4. The molecule has 3 heterocycles. The lowest BCUT2D eigenvalue weighted by Crippen LogP contribution is -2.58. The third-order valence-corrected chi connectivity index (χ3v) is 8.66. The zero-order valence-corrected chi connectivity index (χ0v) is 24.6. The van der Waals surface area contributed by atoms with Gasteiger partial charge in [0, 0.05) is 30.4 Å². The normalized spacial score (nSPS) is 24.3. The molecule has 5 rings (SSSR count). The van der Waals surface area contributed by atoms with E-state index in [-0.39, 0.29) is 32.5 Å². The monoisotopic (exact) mass is 613 g/mol. The molecule has 0 radical (unpaired) electrons. The molecular formula is C26H34BrClFN5O4. The van der Waals surface area contributed by atoms with E-state index in [0.717, 1.165) is 19.4 Å². The first-order valence-corrected chi connectivity index (χ1v) is 14.0. The van der Waals surface area contributed by atoms with Gasteiger partial charge in [0.05, 0.1) is 34.3 Å². The van der Waals surface area contributed by atoms with Crippen LogP contribution in [0.4, 0.5) is 15.0 Å². The van der Waals surface area contributed by atoms with Gasteiger partial charge < -0.3 is 24.4 Å². The molecule has 2 aromatic rings. The Labute approximate surface area is 235 Å². The van der Waals surface area contributed by atoms with E-state index in [4.69, 9.17) is 26.1 Å². The lowest BCUT2D eigenvalue weighted by Gasteiger charge is -2.42. The molecule has 38 heavy (non-hydrogen) atoms. The Morgan fingerprint density at radius 1 is 1.32 bits per heavy atom. The first-order valence-electron chi connectivity index (χ1n) is 12.8. The number of rotatable bonds is 6. The van der Waals surface area contributed by atoms with Crippen molar-refractivity contribution in [2.24, 2.45) is 5.41 Å². The van der Waals surface area contributed by atoms with Gasteiger partial charge in [0.25, 0.3) is 0 Å². The molecule has 9 nitrogen and oxygen atoms in total. The van der Waals surface area contributed by atoms with Gasteiger partial charge >= 0.3 is 12.1 Å². The summed E-state index contributed by atoms with van der Waals surface area (Å²) < 4.78 is 27.2. The Morgan fingerprint density at radius 2 is 2.03 bits per heavy atom. The van der Waals surface area contributed by atoms with Crippen molar-refractivity contribution >= 4 is 50.3 Å². The second-order valence-corrected chi connectivity index (χ2v) is 13.3. The Kier molecular flexibility index (Phi) is 7.20. The fraction of sp³-hybridized carbons (Fsp3) is 0.654. The van der Waals surface area contributed by atoms with Crippen LogP contribution in [-0.2, 0) is 4.74 Å². The number of nitrogens with zero attached hydrogens (tertiary/aromatic N) is 5. The van der Waals surface area contributed by atoms with Crippen molar-refractivity contribution < 1.29 is 23.8 Å². The molecule has 3 fully saturated rings. The summed E-state index contributed by atoms with van der Waals surface area (Å²) in [5.41, 5.74) is -0.509. The predicted molar refractivity (Wildman–Crippen MR) is 146 cm³/mol. The van der Waals surface area contributed by atoms with Crippen LogP contribution in [0.15, 0.2) is 10.5 Å². The Hall–Kier alpha value is -1.95. The summed E-state index contributed by atoms with van der Waals surface area (Å²) in [5, 5.41) is 11.4. The number of hydrogen-bond acceptors (Lipinski definition) is 8. The number of amides is 1. The van der Waals surface area contributed by atoms with Gasteiger partial charge in [-0.1, -0.05) is 11.6 Å². The zero-order valence-electron chi connectivity index (χ0n) is 22.3. The number of ether oxygens (including phenoxy) is 2. The number of carbonyl (C=O) groups is 1. The third kappa shape index (κ3) is 5.39. The largest absolute Gasteiger partial charge is 0.463 e. The van der Waals surface area contributed by atoms with E-state index >= 15 is 4.39 Å². The fourth-order valence-corrected chi connectivity index (χ4v) is 6.05. The summed E-state index contributed by atoms with van der Waals surface area (Å²) in [6, 6.07) is 0.936. The first kappa shape index (κ1) is 27.6. The molecule has 12 heteroatoms. The van der Waals surface area contributed by atoms with Crippen LogP contribution in [0.25, 0.3) is 10.9 Å². The maximum absolute atomic E-state index is 15.4. The van der Waals surface area contributed by atoms with Crippen LogP contribution < -0.4 is 9.64 Å². The Bertz CT molecular complexity index is 1250. The van der Waals surface area contributed by atoms with Crippen LogP contribution in [0, 0.1) is 11.2 Å². The van der Waals surface area contributed by atoms with Crippen LogP contribution in [0.2, 0.25) is 5.02 Å². The van der Waals surface area contributed by atoms with Crippen molar-refractivity contribution in [3.63, 3.8) is 0 Å². The number of anilines is 1. The number of aliphatic hydroxyl groups excluding tert-OH is 1. The predicted octanol–water partition coefficient (Wildman–Crippen LogP) is 4.46. The lowest BCUT2D eigenvalue weighted by molar-refractivity contribution is 0.00604. The number of fused-ring (bicyclic) bond motifs is 3. The second-order valence-electron chi connectivity index (χ2n) is 12.1. The number of halogens is 3. The van der Waals surface area contributed by atoms with Gasteiger partial charge in [-0.05, 0) is 76.1 Å². The Morgan fingerprint density at radius 3 is 2.63 bits per heavy atom. The van der Waals surface area contributed by atoms with Crippen LogP contribution in [-0.4, -0.2) is 95.1 Å². The second kappa shape index (κ2) is 9.91. The molecule has 2 aliphatic heterocycles. The van der Waals surface area contributed by atoms with E-state index in [2.05, 4.69) is 25.8 Å². The molecule has 3 atom stereocenters. The molecule has 0 spiro atoms. The number of piperazine rings is 1. The molecule has 2 bridgehead atoms. The molecule has 1 aromatic carbocycles. The van der Waals surface area contributed by atoms with E-state index in [0.29, 0.717) is 37.3 Å². The molecule has 0 unspecified atom stereocenters. The minimum atomic E-state index is -0.712.